The maximum atomic E-state index is 13.2. The number of ether oxygens (including phenoxy) is 2. The molecule has 1 atom stereocenters. The molecule has 0 aliphatic carbocycles. The number of pyridine rings is 1. The number of aromatic nitrogens is 1. The van der Waals surface area contributed by atoms with Gasteiger partial charge in [-0.05, 0) is 25.5 Å². The van der Waals surface area contributed by atoms with Crippen LogP contribution in [0, 0.1) is 0 Å². The van der Waals surface area contributed by atoms with Gasteiger partial charge in [0.15, 0.2) is 0 Å². The molecule has 7 nitrogen and oxygen atoms in total. The first-order chi connectivity index (χ1) is 12.5. The summed E-state index contributed by atoms with van der Waals surface area (Å²) in [6, 6.07) is 5.21. The second-order valence-electron chi connectivity index (χ2n) is 6.03. The van der Waals surface area contributed by atoms with E-state index in [9.17, 15) is 9.59 Å². The number of nitrogens with two attached hydrogens (primary N) is 1. The average molecular weight is 358 g/mol. The standard InChI is InChI=1S/C19H22N2O5/c1-4-7-11-10-13-15(18(22)21(11)5-2)14(12-8-6-9-25-12)16(17(20)26-13)19(23)24-3/h6,8-10,14H,4-5,7,20H2,1-3H3. The predicted octanol–water partition coefficient (Wildman–Crippen LogP) is 2.28. The Morgan fingerprint density at radius 3 is 2.73 bits per heavy atom. The van der Waals surface area contributed by atoms with Crippen molar-refractivity contribution >= 4 is 5.97 Å². The minimum absolute atomic E-state index is 0.0675. The summed E-state index contributed by atoms with van der Waals surface area (Å²) in [5, 5.41) is 0. The van der Waals surface area contributed by atoms with Gasteiger partial charge in [0, 0.05) is 18.3 Å². The number of rotatable bonds is 5. The van der Waals surface area contributed by atoms with Crippen molar-refractivity contribution in [1.82, 2.24) is 4.57 Å². The highest BCUT2D eigenvalue weighted by Gasteiger charge is 2.39. The molecule has 3 rings (SSSR count). The number of aryl methyl sites for hydroxylation is 1. The number of nitrogens with zero attached hydrogens (tertiary/aromatic N) is 1. The Bertz CT molecular complexity index is 909. The van der Waals surface area contributed by atoms with E-state index in [-0.39, 0.29) is 17.0 Å². The van der Waals surface area contributed by atoms with E-state index in [2.05, 4.69) is 0 Å². The van der Waals surface area contributed by atoms with Crippen LogP contribution in [0.1, 0.15) is 43.2 Å². The second kappa shape index (κ2) is 7.11. The lowest BCUT2D eigenvalue weighted by atomic mass is 9.87. The van der Waals surface area contributed by atoms with Gasteiger partial charge in [-0.2, -0.15) is 0 Å². The zero-order valence-electron chi connectivity index (χ0n) is 15.1. The fraction of sp³-hybridized carbons (Fsp3) is 0.368. The van der Waals surface area contributed by atoms with Crippen molar-refractivity contribution in [3.63, 3.8) is 0 Å². The third kappa shape index (κ3) is 2.79. The lowest BCUT2D eigenvalue weighted by molar-refractivity contribution is -0.136. The van der Waals surface area contributed by atoms with Crippen molar-refractivity contribution < 1.29 is 18.7 Å². The Morgan fingerprint density at radius 2 is 2.15 bits per heavy atom. The van der Waals surface area contributed by atoms with Gasteiger partial charge in [-0.25, -0.2) is 4.79 Å². The van der Waals surface area contributed by atoms with E-state index in [0.717, 1.165) is 18.5 Å². The Hall–Kier alpha value is -2.96. The summed E-state index contributed by atoms with van der Waals surface area (Å²) in [7, 11) is 1.26. The van der Waals surface area contributed by atoms with Crippen LogP contribution in [0.3, 0.4) is 0 Å². The quantitative estimate of drug-likeness (QED) is 0.824. The van der Waals surface area contributed by atoms with Gasteiger partial charge in [0.2, 0.25) is 5.88 Å². The van der Waals surface area contributed by atoms with Crippen molar-refractivity contribution in [2.24, 2.45) is 5.73 Å². The smallest absolute Gasteiger partial charge is 0.340 e. The van der Waals surface area contributed by atoms with Crippen LogP contribution in [0.2, 0.25) is 0 Å². The van der Waals surface area contributed by atoms with Crippen LogP contribution in [0.4, 0.5) is 0 Å². The number of esters is 1. The lowest BCUT2D eigenvalue weighted by Gasteiger charge is -2.27. The minimum atomic E-state index is -0.776. The number of fused-ring (bicyclic) bond motifs is 1. The molecule has 1 aliphatic rings. The zero-order chi connectivity index (χ0) is 18.8. The van der Waals surface area contributed by atoms with Crippen LogP contribution >= 0.6 is 0 Å². The molecule has 0 spiro atoms. The molecule has 1 unspecified atom stereocenters. The third-order valence-corrected chi connectivity index (χ3v) is 4.50. The molecule has 0 saturated heterocycles. The highest BCUT2D eigenvalue weighted by Crippen LogP contribution is 2.41. The van der Waals surface area contributed by atoms with E-state index < -0.39 is 11.9 Å². The van der Waals surface area contributed by atoms with Crippen LogP contribution in [0.15, 0.2) is 45.1 Å². The van der Waals surface area contributed by atoms with Crippen LogP contribution in [0.5, 0.6) is 5.75 Å². The predicted molar refractivity (Wildman–Crippen MR) is 94.8 cm³/mol. The Kier molecular flexibility index (Phi) is 4.88. The maximum Gasteiger partial charge on any atom is 0.340 e. The van der Waals surface area contributed by atoms with Gasteiger partial charge in [-0.1, -0.05) is 13.3 Å². The van der Waals surface area contributed by atoms with Crippen molar-refractivity contribution in [2.75, 3.05) is 7.11 Å². The van der Waals surface area contributed by atoms with E-state index in [4.69, 9.17) is 19.6 Å². The largest absolute Gasteiger partial charge is 0.468 e. The average Bonchev–Trinajstić information content (AvgIpc) is 3.15. The van der Waals surface area contributed by atoms with Gasteiger partial charge in [0.1, 0.15) is 17.1 Å². The monoisotopic (exact) mass is 358 g/mol. The van der Waals surface area contributed by atoms with E-state index in [1.54, 1.807) is 16.7 Å². The molecule has 0 amide bonds. The summed E-state index contributed by atoms with van der Waals surface area (Å²) in [5.74, 6) is -0.728. The number of furan rings is 1. The highest BCUT2D eigenvalue weighted by atomic mass is 16.5. The fourth-order valence-corrected chi connectivity index (χ4v) is 3.38. The number of carbonyl (C=O) groups excluding carboxylic acids is 1. The van der Waals surface area contributed by atoms with Crippen LogP contribution in [0.25, 0.3) is 0 Å². The summed E-state index contributed by atoms with van der Waals surface area (Å²) >= 11 is 0. The molecule has 26 heavy (non-hydrogen) atoms. The molecule has 7 heteroatoms. The van der Waals surface area contributed by atoms with Crippen molar-refractivity contribution in [3.8, 4) is 5.75 Å². The van der Waals surface area contributed by atoms with Crippen LogP contribution < -0.4 is 16.0 Å². The molecule has 0 radical (unpaired) electrons. The third-order valence-electron chi connectivity index (χ3n) is 4.50. The van der Waals surface area contributed by atoms with Gasteiger partial charge in [0.25, 0.3) is 5.56 Å². The SMILES string of the molecule is CCCc1cc2c(c(=O)n1CC)C(c1ccco1)C(C(=O)OC)=C(N)O2. The molecular formula is C19H22N2O5. The molecule has 0 aromatic carbocycles. The van der Waals surface area contributed by atoms with Gasteiger partial charge in [-0.15, -0.1) is 0 Å². The van der Waals surface area contributed by atoms with E-state index in [1.165, 1.54) is 13.4 Å². The molecule has 0 saturated carbocycles. The van der Waals surface area contributed by atoms with Crippen molar-refractivity contribution in [1.29, 1.82) is 0 Å². The summed E-state index contributed by atoms with van der Waals surface area (Å²) in [6.07, 6.45) is 3.11. The first kappa shape index (κ1) is 17.8. The number of hydrogen-bond acceptors (Lipinski definition) is 6. The Balaban J connectivity index is 2.30. The fourth-order valence-electron chi connectivity index (χ4n) is 3.38. The first-order valence-electron chi connectivity index (χ1n) is 8.59. The van der Waals surface area contributed by atoms with Gasteiger partial charge >= 0.3 is 5.97 Å². The highest BCUT2D eigenvalue weighted by molar-refractivity contribution is 5.92. The molecule has 0 fully saturated rings. The normalized spacial score (nSPS) is 16.2. The summed E-state index contributed by atoms with van der Waals surface area (Å²) < 4.78 is 17.7. The molecular weight excluding hydrogens is 336 g/mol. The van der Waals surface area contributed by atoms with E-state index in [1.807, 2.05) is 19.9 Å². The molecule has 3 heterocycles. The minimum Gasteiger partial charge on any atom is -0.468 e. The van der Waals surface area contributed by atoms with E-state index in [0.29, 0.717) is 23.6 Å². The van der Waals surface area contributed by atoms with Gasteiger partial charge in [-0.3, -0.25) is 4.79 Å². The maximum absolute atomic E-state index is 13.2. The lowest BCUT2D eigenvalue weighted by Crippen LogP contribution is -2.35. The number of hydrogen-bond donors (Lipinski definition) is 1. The first-order valence-corrected chi connectivity index (χ1v) is 8.59. The number of carbonyl (C=O) groups is 1. The molecule has 2 aromatic rings. The molecule has 0 bridgehead atoms. The number of methoxy groups -OCH3 is 1. The van der Waals surface area contributed by atoms with Crippen molar-refractivity contribution in [3.05, 3.63) is 63.3 Å². The zero-order valence-corrected chi connectivity index (χ0v) is 15.1. The second-order valence-corrected chi connectivity index (χ2v) is 6.03. The van der Waals surface area contributed by atoms with Gasteiger partial charge in [0.05, 0.1) is 24.9 Å². The van der Waals surface area contributed by atoms with E-state index >= 15 is 0 Å². The molecule has 2 aromatic heterocycles. The summed E-state index contributed by atoms with van der Waals surface area (Å²) in [4.78, 5) is 25.6. The van der Waals surface area contributed by atoms with Crippen LogP contribution in [-0.4, -0.2) is 17.6 Å². The summed E-state index contributed by atoms with van der Waals surface area (Å²) in [5.41, 5.74) is 7.06. The summed E-state index contributed by atoms with van der Waals surface area (Å²) in [6.45, 7) is 4.46. The van der Waals surface area contributed by atoms with Crippen molar-refractivity contribution in [2.45, 2.75) is 39.2 Å². The Labute approximate surface area is 151 Å². The van der Waals surface area contributed by atoms with Gasteiger partial charge < -0.3 is 24.2 Å². The molecule has 138 valence electrons. The Morgan fingerprint density at radius 1 is 1.38 bits per heavy atom. The molecule has 2 N–H and O–H groups in total. The molecule has 1 aliphatic heterocycles. The van der Waals surface area contributed by atoms with Crippen LogP contribution in [-0.2, 0) is 22.5 Å². The topological polar surface area (TPSA) is 96.7 Å².